The lowest BCUT2D eigenvalue weighted by Crippen LogP contribution is -2.30. The number of anilines is 2. The summed E-state index contributed by atoms with van der Waals surface area (Å²) in [5, 5.41) is 5.52. The second-order valence-electron chi connectivity index (χ2n) is 4.26. The first-order chi connectivity index (χ1) is 7.39. The second-order valence-corrected chi connectivity index (χ2v) is 4.26. The Bertz CT molecular complexity index is 378. The summed E-state index contributed by atoms with van der Waals surface area (Å²) in [5.41, 5.74) is -0.281. The molecule has 0 aliphatic rings. The minimum Gasteiger partial charge on any atom is -0.371 e. The highest BCUT2D eigenvalue weighted by atomic mass is 19.1. The quantitative estimate of drug-likeness (QED) is 0.833. The Hall–Kier alpha value is -1.39. The van der Waals surface area contributed by atoms with E-state index in [1.807, 2.05) is 20.8 Å². The van der Waals surface area contributed by atoms with Crippen LogP contribution in [0.1, 0.15) is 27.2 Å². The molecule has 0 aliphatic heterocycles. The van der Waals surface area contributed by atoms with Crippen molar-refractivity contribution >= 4 is 11.6 Å². The summed E-state index contributed by atoms with van der Waals surface area (Å²) >= 11 is 0. The van der Waals surface area contributed by atoms with Gasteiger partial charge in [-0.25, -0.2) is 13.8 Å². The first-order valence-electron chi connectivity index (χ1n) is 5.21. The van der Waals surface area contributed by atoms with Crippen LogP contribution in [0.2, 0.25) is 0 Å². The molecule has 3 nitrogen and oxygen atoms in total. The third-order valence-electron chi connectivity index (χ3n) is 2.51. The van der Waals surface area contributed by atoms with E-state index in [1.165, 1.54) is 7.05 Å². The lowest BCUT2D eigenvalue weighted by molar-refractivity contribution is 0.528. The number of nitrogens with zero attached hydrogens (tertiary/aromatic N) is 1. The molecule has 0 saturated carbocycles. The Balaban J connectivity index is 3.05. The third kappa shape index (κ3) is 2.81. The minimum absolute atomic E-state index is 0.0378. The Morgan fingerprint density at radius 1 is 1.25 bits per heavy atom. The molecule has 0 spiro atoms. The Labute approximate surface area is 94.3 Å². The zero-order valence-corrected chi connectivity index (χ0v) is 9.99. The van der Waals surface area contributed by atoms with Crippen LogP contribution < -0.4 is 10.6 Å². The standard InChI is InChI=1S/C11H17F2N3/c1-5-11(2,3)16-10-8(13)6-7(12)9(14-4)15-10/h6H,5H2,1-4H3,(H2,14,15,16). The smallest absolute Gasteiger partial charge is 0.168 e. The summed E-state index contributed by atoms with van der Waals surface area (Å²) in [4.78, 5) is 3.85. The van der Waals surface area contributed by atoms with Gasteiger partial charge in [0.05, 0.1) is 0 Å². The number of rotatable bonds is 4. The molecule has 0 unspecified atom stereocenters. The lowest BCUT2D eigenvalue weighted by Gasteiger charge is -2.25. The highest BCUT2D eigenvalue weighted by Gasteiger charge is 2.19. The molecule has 0 radical (unpaired) electrons. The van der Waals surface area contributed by atoms with Gasteiger partial charge >= 0.3 is 0 Å². The zero-order valence-electron chi connectivity index (χ0n) is 9.99. The first-order valence-corrected chi connectivity index (χ1v) is 5.21. The number of pyridine rings is 1. The Morgan fingerprint density at radius 3 is 2.31 bits per heavy atom. The Kier molecular flexibility index (Phi) is 3.67. The van der Waals surface area contributed by atoms with Crippen LogP contribution in [0.4, 0.5) is 20.4 Å². The maximum absolute atomic E-state index is 13.4. The molecular weight excluding hydrogens is 212 g/mol. The summed E-state index contributed by atoms with van der Waals surface area (Å²) in [5.74, 6) is -1.27. The summed E-state index contributed by atoms with van der Waals surface area (Å²) in [6, 6.07) is 0.826. The molecule has 0 aliphatic carbocycles. The lowest BCUT2D eigenvalue weighted by atomic mass is 10.0. The molecule has 1 heterocycles. The van der Waals surface area contributed by atoms with E-state index in [9.17, 15) is 8.78 Å². The van der Waals surface area contributed by atoms with Crippen molar-refractivity contribution in [1.82, 2.24) is 4.98 Å². The average molecular weight is 229 g/mol. The van der Waals surface area contributed by atoms with Gasteiger partial charge in [0.15, 0.2) is 23.3 Å². The zero-order chi connectivity index (χ0) is 12.3. The highest BCUT2D eigenvalue weighted by Crippen LogP contribution is 2.22. The van der Waals surface area contributed by atoms with Crippen LogP contribution in [0, 0.1) is 11.6 Å². The predicted molar refractivity (Wildman–Crippen MR) is 61.7 cm³/mol. The molecule has 0 saturated heterocycles. The van der Waals surface area contributed by atoms with Gasteiger partial charge in [-0.2, -0.15) is 0 Å². The van der Waals surface area contributed by atoms with Gasteiger partial charge in [0, 0.05) is 18.7 Å². The van der Waals surface area contributed by atoms with Crippen LogP contribution in [0.3, 0.4) is 0 Å². The van der Waals surface area contributed by atoms with Crippen molar-refractivity contribution in [3.05, 3.63) is 17.7 Å². The maximum atomic E-state index is 13.4. The molecule has 0 atom stereocenters. The van der Waals surface area contributed by atoms with Crippen molar-refractivity contribution < 1.29 is 8.78 Å². The minimum atomic E-state index is -0.695. The molecule has 1 aromatic rings. The van der Waals surface area contributed by atoms with E-state index >= 15 is 0 Å². The number of hydrogen-bond donors (Lipinski definition) is 2. The predicted octanol–water partition coefficient (Wildman–Crippen LogP) is 3.00. The molecule has 1 aromatic heterocycles. The van der Waals surface area contributed by atoms with E-state index in [1.54, 1.807) is 0 Å². The van der Waals surface area contributed by atoms with Crippen molar-refractivity contribution in [2.45, 2.75) is 32.7 Å². The number of hydrogen-bond acceptors (Lipinski definition) is 3. The van der Waals surface area contributed by atoms with Gasteiger partial charge in [-0.3, -0.25) is 0 Å². The summed E-state index contributed by atoms with van der Waals surface area (Å²) < 4.78 is 26.6. The van der Waals surface area contributed by atoms with Gasteiger partial charge in [-0.05, 0) is 20.3 Å². The van der Waals surface area contributed by atoms with Crippen LogP contribution in [0.25, 0.3) is 0 Å². The largest absolute Gasteiger partial charge is 0.371 e. The fourth-order valence-electron chi connectivity index (χ4n) is 1.14. The normalized spacial score (nSPS) is 11.4. The molecule has 5 heteroatoms. The molecule has 16 heavy (non-hydrogen) atoms. The molecule has 0 bridgehead atoms. The summed E-state index contributed by atoms with van der Waals surface area (Å²) in [6.07, 6.45) is 0.806. The molecule has 90 valence electrons. The molecule has 1 rings (SSSR count). The number of nitrogens with one attached hydrogen (secondary N) is 2. The van der Waals surface area contributed by atoms with Gasteiger partial charge in [0.2, 0.25) is 0 Å². The fraction of sp³-hybridized carbons (Fsp3) is 0.545. The topological polar surface area (TPSA) is 37.0 Å². The van der Waals surface area contributed by atoms with Gasteiger partial charge in [0.1, 0.15) is 0 Å². The van der Waals surface area contributed by atoms with Crippen molar-refractivity contribution in [2.75, 3.05) is 17.7 Å². The fourth-order valence-corrected chi connectivity index (χ4v) is 1.14. The van der Waals surface area contributed by atoms with Crippen molar-refractivity contribution in [2.24, 2.45) is 0 Å². The third-order valence-corrected chi connectivity index (χ3v) is 2.51. The van der Waals surface area contributed by atoms with E-state index in [0.29, 0.717) is 0 Å². The van der Waals surface area contributed by atoms with Gasteiger partial charge in [0.25, 0.3) is 0 Å². The Morgan fingerprint density at radius 2 is 1.81 bits per heavy atom. The monoisotopic (exact) mass is 229 g/mol. The van der Waals surface area contributed by atoms with Crippen molar-refractivity contribution in [3.8, 4) is 0 Å². The molecular formula is C11H17F2N3. The van der Waals surface area contributed by atoms with Crippen LogP contribution in [-0.4, -0.2) is 17.6 Å². The highest BCUT2D eigenvalue weighted by molar-refractivity contribution is 5.48. The van der Waals surface area contributed by atoms with Gasteiger partial charge in [-0.15, -0.1) is 0 Å². The summed E-state index contributed by atoms with van der Waals surface area (Å²) in [7, 11) is 1.54. The molecule has 0 fully saturated rings. The van der Waals surface area contributed by atoms with Crippen molar-refractivity contribution in [3.63, 3.8) is 0 Å². The SMILES string of the molecule is CCC(C)(C)Nc1nc(NC)c(F)cc1F. The average Bonchev–Trinajstić information content (AvgIpc) is 2.22. The molecule has 0 aromatic carbocycles. The number of halogens is 2. The van der Waals surface area contributed by atoms with Crippen LogP contribution in [-0.2, 0) is 0 Å². The van der Waals surface area contributed by atoms with Crippen molar-refractivity contribution in [1.29, 1.82) is 0 Å². The van der Waals surface area contributed by atoms with Gasteiger partial charge in [-0.1, -0.05) is 6.92 Å². The van der Waals surface area contributed by atoms with E-state index in [2.05, 4.69) is 15.6 Å². The van der Waals surface area contributed by atoms with Crippen LogP contribution in [0.15, 0.2) is 6.07 Å². The maximum Gasteiger partial charge on any atom is 0.168 e. The van der Waals surface area contributed by atoms with Crippen LogP contribution >= 0.6 is 0 Å². The van der Waals surface area contributed by atoms with Gasteiger partial charge < -0.3 is 10.6 Å². The van der Waals surface area contributed by atoms with E-state index < -0.39 is 11.6 Å². The van der Waals surface area contributed by atoms with Crippen LogP contribution in [0.5, 0.6) is 0 Å². The van der Waals surface area contributed by atoms with E-state index in [4.69, 9.17) is 0 Å². The molecule has 0 amide bonds. The molecule has 2 N–H and O–H groups in total. The first kappa shape index (κ1) is 12.7. The second kappa shape index (κ2) is 4.63. The number of aromatic nitrogens is 1. The van der Waals surface area contributed by atoms with E-state index in [-0.39, 0.29) is 17.2 Å². The van der Waals surface area contributed by atoms with E-state index in [0.717, 1.165) is 12.5 Å². The summed E-state index contributed by atoms with van der Waals surface area (Å²) in [6.45, 7) is 5.83.